The number of allylic oxidation sites excluding steroid dienone is 2. The first-order chi connectivity index (χ1) is 4.52. The molecule has 0 aromatic heterocycles. The molecule has 2 nitrogen and oxygen atoms in total. The lowest BCUT2D eigenvalue weighted by Crippen LogP contribution is -1.98. The molecule has 0 atom stereocenters. The maximum Gasteiger partial charge on any atom is 0.172 e. The van der Waals surface area contributed by atoms with Crippen LogP contribution in [0, 0.1) is 0 Å². The summed E-state index contributed by atoms with van der Waals surface area (Å²) in [7, 11) is -3.06. The van der Waals surface area contributed by atoms with Crippen molar-refractivity contribution in [1.82, 2.24) is 0 Å². The molecule has 0 unspecified atom stereocenters. The molecule has 4 heteroatoms. The summed E-state index contributed by atoms with van der Waals surface area (Å²) in [6, 6.07) is 0. The minimum atomic E-state index is -3.06. The molecule has 10 heavy (non-hydrogen) atoms. The zero-order chi connectivity index (χ0) is 8.20. The van der Waals surface area contributed by atoms with Crippen LogP contribution in [-0.2, 0) is 9.84 Å². The molecule has 0 fully saturated rings. The van der Waals surface area contributed by atoms with E-state index >= 15 is 0 Å². The number of thiol groups is 1. The average Bonchev–Trinajstić information content (AvgIpc) is 1.80. The van der Waals surface area contributed by atoms with Gasteiger partial charge in [-0.1, -0.05) is 6.08 Å². The molecule has 0 aliphatic heterocycles. The molecule has 0 spiro atoms. The summed E-state index contributed by atoms with van der Waals surface area (Å²) in [5.41, 5.74) is 0. The largest absolute Gasteiger partial charge is 0.224 e. The fourth-order valence-electron chi connectivity index (χ4n) is 0.442. The second kappa shape index (κ2) is 3.83. The van der Waals surface area contributed by atoms with E-state index in [1.807, 2.05) is 0 Å². The van der Waals surface area contributed by atoms with Crippen molar-refractivity contribution in [3.63, 3.8) is 0 Å². The molecule has 0 rings (SSSR count). The number of sulfone groups is 1. The highest BCUT2D eigenvalue weighted by atomic mass is 32.2. The highest BCUT2D eigenvalue weighted by molar-refractivity contribution is 7.95. The van der Waals surface area contributed by atoms with Crippen molar-refractivity contribution in [2.45, 2.75) is 6.42 Å². The van der Waals surface area contributed by atoms with Crippen LogP contribution in [0.25, 0.3) is 0 Å². The van der Waals surface area contributed by atoms with Gasteiger partial charge in [0.05, 0.1) is 4.91 Å². The minimum Gasteiger partial charge on any atom is -0.224 e. The Balaban J connectivity index is 4.56. The summed E-state index contributed by atoms with van der Waals surface area (Å²) in [6.07, 6.45) is 3.03. The van der Waals surface area contributed by atoms with Gasteiger partial charge in [0.25, 0.3) is 0 Å². The Kier molecular flexibility index (Phi) is 3.75. The SMILES string of the molecule is C=CC/C(=C\S)S(C)(=O)=O. The summed E-state index contributed by atoms with van der Waals surface area (Å²) >= 11 is 3.75. The van der Waals surface area contributed by atoms with Crippen LogP contribution in [0.15, 0.2) is 23.0 Å². The molecule has 0 N–H and O–H groups in total. The summed E-state index contributed by atoms with van der Waals surface area (Å²) in [4.78, 5) is 0.297. The van der Waals surface area contributed by atoms with Crippen molar-refractivity contribution in [2.24, 2.45) is 0 Å². The summed E-state index contributed by atoms with van der Waals surface area (Å²) < 4.78 is 21.6. The van der Waals surface area contributed by atoms with Crippen LogP contribution in [0.5, 0.6) is 0 Å². The van der Waals surface area contributed by atoms with Gasteiger partial charge in [-0.25, -0.2) is 8.42 Å². The lowest BCUT2D eigenvalue weighted by molar-refractivity contribution is 0.607. The highest BCUT2D eigenvalue weighted by Gasteiger charge is 2.06. The van der Waals surface area contributed by atoms with Crippen LogP contribution in [0.1, 0.15) is 6.42 Å². The number of hydrogen-bond donors (Lipinski definition) is 1. The Morgan fingerprint density at radius 3 is 2.30 bits per heavy atom. The van der Waals surface area contributed by atoms with Crippen LogP contribution in [0.4, 0.5) is 0 Å². The van der Waals surface area contributed by atoms with Gasteiger partial charge in [0, 0.05) is 12.7 Å². The maximum absolute atomic E-state index is 10.8. The number of rotatable bonds is 3. The summed E-state index contributed by atoms with van der Waals surface area (Å²) in [6.45, 7) is 3.42. The molecular weight excluding hydrogens is 168 g/mol. The smallest absolute Gasteiger partial charge is 0.172 e. The normalized spacial score (nSPS) is 13.2. The second-order valence-electron chi connectivity index (χ2n) is 1.86. The first kappa shape index (κ1) is 9.78. The third kappa shape index (κ3) is 3.08. The third-order valence-corrected chi connectivity index (χ3v) is 2.69. The summed E-state index contributed by atoms with van der Waals surface area (Å²) in [5, 5.41) is 1.29. The van der Waals surface area contributed by atoms with Crippen molar-refractivity contribution in [1.29, 1.82) is 0 Å². The number of hydrogen-bond acceptors (Lipinski definition) is 3. The predicted molar refractivity (Wildman–Crippen MR) is 46.7 cm³/mol. The zero-order valence-corrected chi connectivity index (χ0v) is 7.45. The third-order valence-electron chi connectivity index (χ3n) is 0.966. The van der Waals surface area contributed by atoms with Crippen molar-refractivity contribution in [3.05, 3.63) is 23.0 Å². The molecule has 0 amide bonds. The fourth-order valence-corrected chi connectivity index (χ4v) is 1.73. The Bertz CT molecular complexity index is 236. The van der Waals surface area contributed by atoms with Gasteiger partial charge in [0.1, 0.15) is 0 Å². The molecule has 0 aromatic rings. The molecule has 0 radical (unpaired) electrons. The molecule has 0 bridgehead atoms. The van der Waals surface area contributed by atoms with E-state index < -0.39 is 9.84 Å². The van der Waals surface area contributed by atoms with E-state index in [1.165, 1.54) is 11.5 Å². The van der Waals surface area contributed by atoms with E-state index in [4.69, 9.17) is 0 Å². The molecule has 0 saturated carbocycles. The van der Waals surface area contributed by atoms with E-state index in [0.29, 0.717) is 11.3 Å². The molecule has 0 aliphatic carbocycles. The maximum atomic E-state index is 10.8. The van der Waals surface area contributed by atoms with Gasteiger partial charge in [-0.05, 0) is 5.41 Å². The molecule has 0 aromatic carbocycles. The molecular formula is C6H10O2S2. The van der Waals surface area contributed by atoms with E-state index in [9.17, 15) is 8.42 Å². The Hall–Kier alpha value is -0.220. The quantitative estimate of drug-likeness (QED) is 0.523. The summed E-state index contributed by atoms with van der Waals surface area (Å²) in [5.74, 6) is 0. The van der Waals surface area contributed by atoms with Crippen LogP contribution in [0.2, 0.25) is 0 Å². The highest BCUT2D eigenvalue weighted by Crippen LogP contribution is 2.10. The predicted octanol–water partition coefficient (Wildman–Crippen LogP) is 1.38. The zero-order valence-electron chi connectivity index (χ0n) is 5.74. The van der Waals surface area contributed by atoms with Gasteiger partial charge in [0.2, 0.25) is 0 Å². The van der Waals surface area contributed by atoms with Gasteiger partial charge < -0.3 is 0 Å². The average molecular weight is 178 g/mol. The standard InChI is InChI=1S/C6H10O2S2/c1-3-4-6(5-9)10(2,7)8/h3,5,9H,1,4H2,2H3/b6-5+. The molecule has 58 valence electrons. The van der Waals surface area contributed by atoms with Crippen molar-refractivity contribution < 1.29 is 8.42 Å². The Morgan fingerprint density at radius 2 is 2.20 bits per heavy atom. The van der Waals surface area contributed by atoms with Crippen molar-refractivity contribution in [3.8, 4) is 0 Å². The molecule has 0 heterocycles. The van der Waals surface area contributed by atoms with Crippen LogP contribution < -0.4 is 0 Å². The van der Waals surface area contributed by atoms with Gasteiger partial charge in [-0.15, -0.1) is 6.58 Å². The molecule has 0 saturated heterocycles. The Labute approximate surface area is 67.0 Å². The first-order valence-electron chi connectivity index (χ1n) is 2.66. The van der Waals surface area contributed by atoms with E-state index in [2.05, 4.69) is 19.2 Å². The lowest BCUT2D eigenvalue weighted by Gasteiger charge is -1.97. The van der Waals surface area contributed by atoms with Gasteiger partial charge >= 0.3 is 0 Å². The van der Waals surface area contributed by atoms with Gasteiger partial charge in [0.15, 0.2) is 9.84 Å². The van der Waals surface area contributed by atoms with E-state index in [0.717, 1.165) is 6.26 Å². The first-order valence-corrected chi connectivity index (χ1v) is 5.07. The lowest BCUT2D eigenvalue weighted by atomic mass is 10.4. The van der Waals surface area contributed by atoms with E-state index in [-0.39, 0.29) is 0 Å². The Morgan fingerprint density at radius 1 is 1.70 bits per heavy atom. The van der Waals surface area contributed by atoms with Crippen molar-refractivity contribution in [2.75, 3.05) is 6.26 Å². The van der Waals surface area contributed by atoms with Crippen molar-refractivity contribution >= 4 is 22.5 Å². The van der Waals surface area contributed by atoms with Crippen LogP contribution >= 0.6 is 12.6 Å². The van der Waals surface area contributed by atoms with Gasteiger partial charge in [-0.3, -0.25) is 0 Å². The van der Waals surface area contributed by atoms with Crippen LogP contribution in [0.3, 0.4) is 0 Å². The molecule has 0 aliphatic rings. The monoisotopic (exact) mass is 178 g/mol. The topological polar surface area (TPSA) is 34.1 Å². The minimum absolute atomic E-state index is 0.297. The van der Waals surface area contributed by atoms with Gasteiger partial charge in [-0.2, -0.15) is 12.6 Å². The van der Waals surface area contributed by atoms with Crippen LogP contribution in [-0.4, -0.2) is 14.7 Å². The fraction of sp³-hybridized carbons (Fsp3) is 0.333. The van der Waals surface area contributed by atoms with E-state index in [1.54, 1.807) is 0 Å². The second-order valence-corrected chi connectivity index (χ2v) is 4.19.